The average Bonchev–Trinajstić information content (AvgIpc) is 2.59. The Bertz CT molecular complexity index is 911. The Morgan fingerprint density at radius 3 is 2.68 bits per heavy atom. The van der Waals surface area contributed by atoms with Crippen LogP contribution in [0.4, 0.5) is 4.39 Å². The van der Waals surface area contributed by atoms with Crippen molar-refractivity contribution in [1.82, 2.24) is 5.43 Å². The lowest BCUT2D eigenvalue weighted by molar-refractivity contribution is -0.117. The third-order valence-corrected chi connectivity index (χ3v) is 3.60. The van der Waals surface area contributed by atoms with E-state index in [0.717, 1.165) is 11.5 Å². The van der Waals surface area contributed by atoms with E-state index in [2.05, 4.69) is 17.1 Å². The lowest BCUT2D eigenvalue weighted by Crippen LogP contribution is -2.20. The lowest BCUT2D eigenvalue weighted by Gasteiger charge is -2.08. The number of nitrogens with zero attached hydrogens (tertiary/aromatic N) is 1. The van der Waals surface area contributed by atoms with Gasteiger partial charge < -0.3 is 5.11 Å². The van der Waals surface area contributed by atoms with E-state index in [0.29, 0.717) is 22.2 Å². The maximum atomic E-state index is 12.5. The number of allylic oxidation sites excluding steroid dienone is 4. The van der Waals surface area contributed by atoms with E-state index < -0.39 is 11.7 Å². The molecule has 5 heteroatoms. The predicted molar refractivity (Wildman–Crippen MR) is 99.1 cm³/mol. The summed E-state index contributed by atoms with van der Waals surface area (Å²) in [7, 11) is 0. The van der Waals surface area contributed by atoms with E-state index in [1.165, 1.54) is 12.2 Å². The minimum absolute atomic E-state index is 0.116. The molecule has 0 aliphatic carbocycles. The summed E-state index contributed by atoms with van der Waals surface area (Å²) in [6, 6.07) is 11.1. The van der Waals surface area contributed by atoms with Gasteiger partial charge in [-0.1, -0.05) is 49.1 Å². The zero-order chi connectivity index (χ0) is 18.4. The molecule has 0 heterocycles. The summed E-state index contributed by atoms with van der Waals surface area (Å²) >= 11 is 0. The van der Waals surface area contributed by atoms with E-state index in [-0.39, 0.29) is 5.75 Å². The second-order valence-electron chi connectivity index (χ2n) is 5.48. The summed E-state index contributed by atoms with van der Waals surface area (Å²) in [6.07, 6.45) is 4.00. The molecule has 1 amide bonds. The van der Waals surface area contributed by atoms with E-state index in [4.69, 9.17) is 0 Å². The number of halogens is 1. The van der Waals surface area contributed by atoms with Crippen LogP contribution in [0.5, 0.6) is 5.75 Å². The Labute approximate surface area is 145 Å². The van der Waals surface area contributed by atoms with Crippen molar-refractivity contribution in [3.05, 3.63) is 78.2 Å². The maximum Gasteiger partial charge on any atom is 0.267 e. The van der Waals surface area contributed by atoms with Gasteiger partial charge in [-0.2, -0.15) is 5.10 Å². The molecule has 0 fully saturated rings. The number of benzene rings is 2. The first-order valence-corrected chi connectivity index (χ1v) is 7.65. The third-order valence-electron chi connectivity index (χ3n) is 3.60. The van der Waals surface area contributed by atoms with Crippen LogP contribution in [0.25, 0.3) is 10.8 Å². The van der Waals surface area contributed by atoms with E-state index in [1.807, 2.05) is 30.3 Å². The summed E-state index contributed by atoms with van der Waals surface area (Å²) in [5.41, 5.74) is 3.78. The van der Waals surface area contributed by atoms with Gasteiger partial charge in [0, 0.05) is 16.5 Å². The first kappa shape index (κ1) is 18.1. The monoisotopic (exact) mass is 338 g/mol. The first-order valence-electron chi connectivity index (χ1n) is 7.65. The molecule has 0 radical (unpaired) electrons. The molecular formula is C20H19FN2O2. The fourth-order valence-electron chi connectivity index (χ4n) is 2.20. The standard InChI is InChI=1S/C20H19FN2O2/c1-13(7-6-8-14(2)21)20(25)23-22-15(3)17-12-11-16-9-4-5-10-18(16)19(17)24/h4-12,24H,2H2,1,3H3,(H,23,25). The number of hydrazone groups is 1. The van der Waals surface area contributed by atoms with Crippen LogP contribution in [0.1, 0.15) is 19.4 Å². The number of carbonyl (C=O) groups excluding carboxylic acids is 1. The molecule has 4 nitrogen and oxygen atoms in total. The van der Waals surface area contributed by atoms with Crippen molar-refractivity contribution in [2.75, 3.05) is 0 Å². The molecular weight excluding hydrogens is 319 g/mol. The van der Waals surface area contributed by atoms with Gasteiger partial charge in [-0.05, 0) is 31.4 Å². The second-order valence-corrected chi connectivity index (χ2v) is 5.48. The van der Waals surface area contributed by atoms with E-state index in [9.17, 15) is 14.3 Å². The van der Waals surface area contributed by atoms with Crippen molar-refractivity contribution in [3.8, 4) is 5.75 Å². The third kappa shape index (κ3) is 4.64. The Morgan fingerprint density at radius 1 is 1.24 bits per heavy atom. The zero-order valence-corrected chi connectivity index (χ0v) is 14.1. The molecule has 0 saturated heterocycles. The number of carbonyl (C=O) groups is 1. The Hall–Kier alpha value is -3.21. The highest BCUT2D eigenvalue weighted by molar-refractivity contribution is 6.07. The van der Waals surface area contributed by atoms with Crippen molar-refractivity contribution < 1.29 is 14.3 Å². The molecule has 0 spiro atoms. The van der Waals surface area contributed by atoms with Crippen LogP contribution in [0.2, 0.25) is 0 Å². The van der Waals surface area contributed by atoms with Gasteiger partial charge in [0.2, 0.25) is 0 Å². The first-order chi connectivity index (χ1) is 11.9. The summed E-state index contributed by atoms with van der Waals surface area (Å²) in [4.78, 5) is 12.0. The van der Waals surface area contributed by atoms with Crippen molar-refractivity contribution >= 4 is 22.4 Å². The fourth-order valence-corrected chi connectivity index (χ4v) is 2.20. The fraction of sp³-hybridized carbons (Fsp3) is 0.100. The van der Waals surface area contributed by atoms with Crippen molar-refractivity contribution in [2.45, 2.75) is 13.8 Å². The topological polar surface area (TPSA) is 61.7 Å². The second kappa shape index (κ2) is 8.06. The molecule has 2 aromatic rings. The summed E-state index contributed by atoms with van der Waals surface area (Å²) in [6.45, 7) is 6.36. The molecule has 0 atom stereocenters. The Kier molecular flexibility index (Phi) is 5.84. The maximum absolute atomic E-state index is 12.5. The minimum Gasteiger partial charge on any atom is -0.507 e. The Balaban J connectivity index is 2.18. The number of hydrogen-bond donors (Lipinski definition) is 2. The number of rotatable bonds is 5. The van der Waals surface area contributed by atoms with Crippen LogP contribution in [0.15, 0.2) is 77.7 Å². The number of aromatic hydroxyl groups is 1. The minimum atomic E-state index is -0.592. The Morgan fingerprint density at radius 2 is 1.96 bits per heavy atom. The molecule has 0 aromatic heterocycles. The molecule has 0 saturated carbocycles. The highest BCUT2D eigenvalue weighted by Gasteiger charge is 2.09. The number of phenols is 1. The number of fused-ring (bicyclic) bond motifs is 1. The van der Waals surface area contributed by atoms with E-state index >= 15 is 0 Å². The van der Waals surface area contributed by atoms with Crippen molar-refractivity contribution in [1.29, 1.82) is 0 Å². The zero-order valence-electron chi connectivity index (χ0n) is 14.1. The number of nitrogens with one attached hydrogen (secondary N) is 1. The molecule has 25 heavy (non-hydrogen) atoms. The smallest absolute Gasteiger partial charge is 0.267 e. The number of phenolic OH excluding ortho intramolecular Hbond substituents is 1. The van der Waals surface area contributed by atoms with Crippen LogP contribution < -0.4 is 5.43 Å². The van der Waals surface area contributed by atoms with E-state index in [1.54, 1.807) is 19.9 Å². The van der Waals surface area contributed by atoms with Gasteiger partial charge in [-0.15, -0.1) is 0 Å². The summed E-state index contributed by atoms with van der Waals surface area (Å²) < 4.78 is 12.5. The quantitative estimate of drug-likeness (QED) is 0.368. The van der Waals surface area contributed by atoms with Gasteiger partial charge >= 0.3 is 0 Å². The average molecular weight is 338 g/mol. The number of amides is 1. The van der Waals surface area contributed by atoms with Crippen molar-refractivity contribution in [2.24, 2.45) is 5.10 Å². The van der Waals surface area contributed by atoms with Gasteiger partial charge in [-0.3, -0.25) is 4.79 Å². The highest BCUT2D eigenvalue weighted by Crippen LogP contribution is 2.28. The van der Waals surface area contributed by atoms with Gasteiger partial charge in [-0.25, -0.2) is 9.82 Å². The molecule has 0 unspecified atom stereocenters. The largest absolute Gasteiger partial charge is 0.507 e. The summed E-state index contributed by atoms with van der Waals surface area (Å²) in [5.74, 6) is -0.899. The molecule has 0 bridgehead atoms. The van der Waals surface area contributed by atoms with Gasteiger partial charge in [0.1, 0.15) is 11.6 Å². The molecule has 0 aliphatic rings. The van der Waals surface area contributed by atoms with Gasteiger partial charge in [0.15, 0.2) is 0 Å². The van der Waals surface area contributed by atoms with Gasteiger partial charge in [0.05, 0.1) is 5.71 Å². The normalized spacial score (nSPS) is 12.6. The highest BCUT2D eigenvalue weighted by atomic mass is 19.1. The van der Waals surface area contributed by atoms with Crippen LogP contribution in [0.3, 0.4) is 0 Å². The van der Waals surface area contributed by atoms with Crippen LogP contribution in [0, 0.1) is 0 Å². The van der Waals surface area contributed by atoms with Crippen LogP contribution in [-0.2, 0) is 4.79 Å². The SMILES string of the molecule is C=C(F)C=CC=C(C)C(=O)NN=C(C)c1ccc2ccccc2c1O. The lowest BCUT2D eigenvalue weighted by atomic mass is 10.0. The van der Waals surface area contributed by atoms with Crippen LogP contribution in [-0.4, -0.2) is 16.7 Å². The van der Waals surface area contributed by atoms with Crippen molar-refractivity contribution in [3.63, 3.8) is 0 Å². The molecule has 2 rings (SSSR count). The predicted octanol–water partition coefficient (Wildman–Crippen LogP) is 4.37. The molecule has 128 valence electrons. The van der Waals surface area contributed by atoms with Crippen LogP contribution >= 0.6 is 0 Å². The number of hydrogen-bond acceptors (Lipinski definition) is 3. The molecule has 2 N–H and O–H groups in total. The molecule has 0 aliphatic heterocycles. The summed E-state index contributed by atoms with van der Waals surface area (Å²) in [5, 5.41) is 16.1. The molecule has 2 aromatic carbocycles. The van der Waals surface area contributed by atoms with Gasteiger partial charge in [0.25, 0.3) is 5.91 Å².